The van der Waals surface area contributed by atoms with Crippen LogP contribution in [0, 0.1) is 17.5 Å². The van der Waals surface area contributed by atoms with E-state index in [1.165, 1.54) is 22.4 Å². The van der Waals surface area contributed by atoms with Crippen molar-refractivity contribution in [2.75, 3.05) is 12.4 Å². The minimum absolute atomic E-state index is 0.0528. The lowest BCUT2D eigenvalue weighted by molar-refractivity contribution is -0.474. The smallest absolute Gasteiger partial charge is 0.314 e. The second-order valence-corrected chi connectivity index (χ2v) is 5.22. The van der Waals surface area contributed by atoms with Crippen LogP contribution in [-0.2, 0) is 9.59 Å². The van der Waals surface area contributed by atoms with Crippen LogP contribution in [-0.4, -0.2) is 55.8 Å². The van der Waals surface area contributed by atoms with Crippen molar-refractivity contribution in [3.63, 3.8) is 0 Å². The summed E-state index contributed by atoms with van der Waals surface area (Å²) in [5, 5.41) is 24.5. The fourth-order valence-corrected chi connectivity index (χ4v) is 2.66. The Kier molecular flexibility index (Phi) is 7.04. The average molecular weight is 352 g/mol. The minimum Gasteiger partial charge on any atom is -0.481 e. The predicted molar refractivity (Wildman–Crippen MR) is 75.5 cm³/mol. The zero-order valence-corrected chi connectivity index (χ0v) is 12.4. The number of aliphatic hydroxyl groups excluding tert-OH is 1. The van der Waals surface area contributed by atoms with Crippen LogP contribution in [0.25, 0.3) is 0 Å². The van der Waals surface area contributed by atoms with Crippen LogP contribution in [0.15, 0.2) is 12.1 Å². The maximum absolute atomic E-state index is 13.5. The summed E-state index contributed by atoms with van der Waals surface area (Å²) in [4.78, 5) is 18.9. The van der Waals surface area contributed by atoms with E-state index in [0.717, 1.165) is 6.07 Å². The maximum Gasteiger partial charge on any atom is 0.314 e. The molecular weight excluding hydrogens is 339 g/mol. The van der Waals surface area contributed by atoms with Crippen LogP contribution in [0.2, 0.25) is 0 Å². The van der Waals surface area contributed by atoms with E-state index in [1.54, 1.807) is 5.55 Å². The Morgan fingerprint density at radius 3 is 2.26 bits per heavy atom. The van der Waals surface area contributed by atoms with Gasteiger partial charge in [0.2, 0.25) is 22.9 Å². The molecule has 0 fully saturated rings. The summed E-state index contributed by atoms with van der Waals surface area (Å²) in [7, 11) is 0. The van der Waals surface area contributed by atoms with Crippen molar-refractivity contribution >= 4 is 34.9 Å². The number of carboxylic acids is 2. The molecule has 1 atom stereocenters. The molecule has 1 unspecified atom stereocenters. The number of thioether (sulfide) groups is 1. The molecule has 0 bridgehead atoms. The van der Waals surface area contributed by atoms with Gasteiger partial charge in [-0.15, -0.1) is 0 Å². The lowest BCUT2D eigenvalue weighted by Crippen LogP contribution is -2.25. The van der Waals surface area contributed by atoms with Gasteiger partial charge < -0.3 is 15.3 Å². The summed E-state index contributed by atoms with van der Waals surface area (Å²) in [6.07, 6.45) is -0.806. The molecule has 10 heteroatoms. The Labute approximate surface area is 132 Å². The fraction of sp³-hybridized carbons (Fsp3) is 0.308. The molecule has 0 saturated heterocycles. The summed E-state index contributed by atoms with van der Waals surface area (Å²) in [5.74, 6) is -5.96. The van der Waals surface area contributed by atoms with Crippen LogP contribution < -0.4 is 0 Å². The summed E-state index contributed by atoms with van der Waals surface area (Å²) >= 11 is 1.39. The number of hydrogen-bond donors (Lipinski definition) is 3. The number of carbonyl (C=O) groups is 2. The van der Waals surface area contributed by atoms with Crippen molar-refractivity contribution in [2.24, 2.45) is 0 Å². The molecule has 1 aromatic carbocycles. The van der Waals surface area contributed by atoms with Gasteiger partial charge in [-0.25, -0.2) is 8.78 Å². The Balaban J connectivity index is 0.000000322. The highest BCUT2D eigenvalue weighted by Gasteiger charge is 2.32. The molecule has 1 aliphatic heterocycles. The van der Waals surface area contributed by atoms with Gasteiger partial charge in [-0.2, -0.15) is 8.97 Å². The number of halogens is 3. The van der Waals surface area contributed by atoms with Gasteiger partial charge >= 0.3 is 11.9 Å². The fourth-order valence-electron chi connectivity index (χ4n) is 1.64. The van der Waals surface area contributed by atoms with Crippen molar-refractivity contribution in [2.45, 2.75) is 12.5 Å². The molecule has 3 N–H and O–H groups in total. The minimum atomic E-state index is -1.49. The molecular formula is C13H13F3NO5S+. The van der Waals surface area contributed by atoms with Gasteiger partial charge in [0.05, 0.1) is 5.75 Å². The number of carboxylic acid groups (broad SMARTS) is 2. The summed E-state index contributed by atoms with van der Waals surface area (Å²) in [5.41, 5.74) is 1.54. The summed E-state index contributed by atoms with van der Waals surface area (Å²) < 4.78 is 40.6. The normalized spacial score (nSPS) is 16.3. The highest BCUT2D eigenvalue weighted by Crippen LogP contribution is 2.27. The standard InChI is InChI=1S/C10H9F3NOS.C3H4O4/c11-7-1-2-8(10(13)9(7)12)14-5-16-4-6(14)3-15;4-2(5)1-3(6)7/h1-2,5-6,15H,3-4H2;1H2,(H,4,5)(H,6,7)/q+1;. The molecule has 0 amide bonds. The topological polar surface area (TPSA) is 97.8 Å². The summed E-state index contributed by atoms with van der Waals surface area (Å²) in [6.45, 7) is -0.165. The number of nitrogens with zero attached hydrogens (tertiary/aromatic N) is 1. The van der Waals surface area contributed by atoms with Gasteiger partial charge in [0, 0.05) is 6.07 Å². The predicted octanol–water partition coefficient (Wildman–Crippen LogP) is 1.43. The number of aliphatic carboxylic acids is 2. The van der Waals surface area contributed by atoms with Gasteiger partial charge in [0.1, 0.15) is 13.0 Å². The number of aliphatic hydroxyl groups is 1. The Hall–Kier alpha value is -2.07. The van der Waals surface area contributed by atoms with Crippen molar-refractivity contribution in [1.82, 2.24) is 0 Å². The number of hydrogen-bond acceptors (Lipinski definition) is 4. The van der Waals surface area contributed by atoms with E-state index in [0.29, 0.717) is 5.75 Å². The Morgan fingerprint density at radius 2 is 1.78 bits per heavy atom. The van der Waals surface area contributed by atoms with Crippen molar-refractivity contribution in [1.29, 1.82) is 0 Å². The first-order chi connectivity index (χ1) is 10.8. The average Bonchev–Trinajstić information content (AvgIpc) is 2.92. The lowest BCUT2D eigenvalue weighted by atomic mass is 10.2. The van der Waals surface area contributed by atoms with E-state index in [2.05, 4.69) is 0 Å². The molecule has 1 heterocycles. The third-order valence-corrected chi connectivity index (χ3v) is 3.63. The molecule has 1 aromatic rings. The SMILES string of the molecule is O=C(O)CC(=O)O.OCC1CSC=[N+]1c1ccc(F)c(F)c1F. The highest BCUT2D eigenvalue weighted by molar-refractivity contribution is 8.12. The third kappa shape index (κ3) is 5.25. The Bertz CT molecular complexity index is 626. The van der Waals surface area contributed by atoms with Crippen LogP contribution in [0.4, 0.5) is 18.9 Å². The Morgan fingerprint density at radius 1 is 1.17 bits per heavy atom. The second kappa shape index (κ2) is 8.53. The first-order valence-electron chi connectivity index (χ1n) is 6.19. The first-order valence-corrected chi connectivity index (χ1v) is 7.24. The van der Waals surface area contributed by atoms with Gasteiger partial charge in [0.15, 0.2) is 11.9 Å². The van der Waals surface area contributed by atoms with Gasteiger partial charge in [-0.3, -0.25) is 9.59 Å². The van der Waals surface area contributed by atoms with E-state index in [4.69, 9.17) is 15.3 Å². The molecule has 2 rings (SSSR count). The molecule has 23 heavy (non-hydrogen) atoms. The van der Waals surface area contributed by atoms with E-state index < -0.39 is 35.8 Å². The van der Waals surface area contributed by atoms with Crippen LogP contribution in [0.3, 0.4) is 0 Å². The third-order valence-electron chi connectivity index (χ3n) is 2.68. The molecule has 0 saturated carbocycles. The quantitative estimate of drug-likeness (QED) is 0.431. The first kappa shape index (κ1) is 19.0. The molecule has 1 aliphatic rings. The number of benzene rings is 1. The van der Waals surface area contributed by atoms with E-state index in [1.807, 2.05) is 0 Å². The zero-order chi connectivity index (χ0) is 17.6. The molecule has 6 nitrogen and oxygen atoms in total. The highest BCUT2D eigenvalue weighted by atomic mass is 32.2. The van der Waals surface area contributed by atoms with Crippen molar-refractivity contribution in [3.8, 4) is 0 Å². The lowest BCUT2D eigenvalue weighted by Gasteiger charge is -2.07. The van der Waals surface area contributed by atoms with Crippen molar-refractivity contribution < 1.29 is 42.7 Å². The molecule has 0 radical (unpaired) electrons. The second-order valence-electron chi connectivity index (χ2n) is 4.34. The zero-order valence-electron chi connectivity index (χ0n) is 11.6. The monoisotopic (exact) mass is 352 g/mol. The van der Waals surface area contributed by atoms with E-state index in [9.17, 15) is 22.8 Å². The maximum atomic E-state index is 13.5. The molecule has 126 valence electrons. The molecule has 0 aromatic heterocycles. The number of rotatable bonds is 4. The molecule has 0 spiro atoms. The van der Waals surface area contributed by atoms with Crippen molar-refractivity contribution in [3.05, 3.63) is 29.6 Å². The van der Waals surface area contributed by atoms with Gasteiger partial charge in [0.25, 0.3) is 0 Å². The van der Waals surface area contributed by atoms with Crippen LogP contribution in [0.5, 0.6) is 0 Å². The van der Waals surface area contributed by atoms with E-state index in [-0.39, 0.29) is 18.3 Å². The van der Waals surface area contributed by atoms with Crippen LogP contribution >= 0.6 is 11.8 Å². The van der Waals surface area contributed by atoms with Gasteiger partial charge in [-0.05, 0) is 6.07 Å². The van der Waals surface area contributed by atoms with Gasteiger partial charge in [-0.1, -0.05) is 11.8 Å². The summed E-state index contributed by atoms with van der Waals surface area (Å²) in [6, 6.07) is 1.74. The van der Waals surface area contributed by atoms with E-state index >= 15 is 0 Å². The molecule has 0 aliphatic carbocycles. The van der Waals surface area contributed by atoms with Crippen LogP contribution in [0.1, 0.15) is 6.42 Å². The largest absolute Gasteiger partial charge is 0.481 e.